The number of alkyl carbamates (subject to hydrolysis) is 1. The van der Waals surface area contributed by atoms with Gasteiger partial charge in [-0.1, -0.05) is 11.3 Å². The van der Waals surface area contributed by atoms with Crippen molar-refractivity contribution < 1.29 is 9.53 Å². The van der Waals surface area contributed by atoms with Crippen LogP contribution in [0.25, 0.3) is 27.5 Å². The number of carbonyl (C=O) groups is 1. The highest BCUT2D eigenvalue weighted by Crippen LogP contribution is 2.38. The number of hydrogen-bond donors (Lipinski definition) is 3. The molecule has 6 heterocycles. The molecule has 1 atom stereocenters. The molecule has 7 rings (SSSR count). The molecule has 1 aliphatic carbocycles. The van der Waals surface area contributed by atoms with Gasteiger partial charge in [0.15, 0.2) is 5.01 Å². The molecular weight excluding hydrogens is 566 g/mol. The van der Waals surface area contributed by atoms with Crippen molar-refractivity contribution in [2.45, 2.75) is 24.9 Å². The molecule has 0 spiro atoms. The Balaban J connectivity index is 1.15. The summed E-state index contributed by atoms with van der Waals surface area (Å²) in [5.74, 6) is 0.385. The van der Waals surface area contributed by atoms with Gasteiger partial charge in [0.05, 0.1) is 41.3 Å². The average Bonchev–Trinajstić information content (AvgIpc) is 3.69. The topological polar surface area (TPSA) is 149 Å². The molecular formula is C29H33N11O2S. The molecule has 4 aromatic rings. The minimum atomic E-state index is -0.402. The fourth-order valence-electron chi connectivity index (χ4n) is 6.18. The van der Waals surface area contributed by atoms with Gasteiger partial charge in [-0.3, -0.25) is 9.88 Å². The van der Waals surface area contributed by atoms with E-state index in [1.54, 1.807) is 22.0 Å². The van der Waals surface area contributed by atoms with Gasteiger partial charge in [0.25, 0.3) is 0 Å². The maximum atomic E-state index is 11.5. The molecule has 222 valence electrons. The SMILES string of the molecule is COC(=O)NCC1CC(Nc2cc(-c3ccc4cc(C#N)cnn34)ncc2-c2nnc(N3CCN4CCNC[C@H]4C3)s2)C1. The Morgan fingerprint density at radius 2 is 2.12 bits per heavy atom. The van der Waals surface area contributed by atoms with Crippen LogP contribution in [-0.2, 0) is 4.74 Å². The number of hydrogen-bond acceptors (Lipinski definition) is 12. The number of nitrogens with one attached hydrogen (secondary N) is 3. The van der Waals surface area contributed by atoms with E-state index in [4.69, 9.17) is 9.72 Å². The Labute approximate surface area is 252 Å². The second-order valence-electron chi connectivity index (χ2n) is 11.3. The number of ether oxygens (including phenoxy) is 1. The van der Waals surface area contributed by atoms with Crippen molar-refractivity contribution in [3.05, 3.63) is 42.2 Å². The molecule has 3 N–H and O–H groups in total. The Morgan fingerprint density at radius 3 is 2.98 bits per heavy atom. The van der Waals surface area contributed by atoms with Crippen LogP contribution in [-0.4, -0.2) is 101 Å². The summed E-state index contributed by atoms with van der Waals surface area (Å²) in [6.45, 7) is 6.66. The first-order valence-corrected chi connectivity index (χ1v) is 15.4. The number of pyridine rings is 1. The molecule has 0 unspecified atom stereocenters. The van der Waals surface area contributed by atoms with Crippen LogP contribution in [0.2, 0.25) is 0 Å². The lowest BCUT2D eigenvalue weighted by Crippen LogP contribution is -2.61. The van der Waals surface area contributed by atoms with E-state index in [1.807, 2.05) is 30.5 Å². The standard InChI is InChI=1S/C29H33N11O2S/c1-42-29(41)33-13-18-8-20(9-18)35-24-11-25(26-3-2-21-10-19(12-30)14-34-40(21)26)32-16-23(24)27-36-37-28(43-27)39-7-6-38-5-4-31-15-22(38)17-39/h2-3,10-11,14,16,18,20,22,31H,4-9,13,15,17H2,1H3,(H,32,35)(H,33,41)/t18?,20?,22-/m0/s1. The zero-order valence-corrected chi connectivity index (χ0v) is 24.7. The summed E-state index contributed by atoms with van der Waals surface area (Å²) in [6, 6.07) is 10.7. The van der Waals surface area contributed by atoms with Crippen molar-refractivity contribution in [3.63, 3.8) is 0 Å². The number of piperazine rings is 2. The van der Waals surface area contributed by atoms with Crippen molar-refractivity contribution in [1.82, 2.24) is 40.3 Å². The first-order chi connectivity index (χ1) is 21.1. The number of nitriles is 1. The first-order valence-electron chi connectivity index (χ1n) is 14.6. The third-order valence-corrected chi connectivity index (χ3v) is 9.60. The molecule has 2 aliphatic heterocycles. The predicted octanol–water partition coefficient (Wildman–Crippen LogP) is 2.43. The number of methoxy groups -OCH3 is 1. The van der Waals surface area contributed by atoms with Crippen molar-refractivity contribution >= 4 is 33.8 Å². The lowest BCUT2D eigenvalue weighted by molar-refractivity contribution is 0.146. The summed E-state index contributed by atoms with van der Waals surface area (Å²) >= 11 is 1.60. The van der Waals surface area contributed by atoms with Crippen LogP contribution >= 0.6 is 11.3 Å². The van der Waals surface area contributed by atoms with E-state index in [0.29, 0.717) is 24.1 Å². The summed E-state index contributed by atoms with van der Waals surface area (Å²) in [4.78, 5) is 21.2. The molecule has 3 fully saturated rings. The summed E-state index contributed by atoms with van der Waals surface area (Å²) in [7, 11) is 1.38. The number of amides is 1. The maximum Gasteiger partial charge on any atom is 0.406 e. The number of aromatic nitrogens is 5. The fourth-order valence-corrected chi connectivity index (χ4v) is 7.08. The minimum absolute atomic E-state index is 0.248. The zero-order valence-electron chi connectivity index (χ0n) is 23.9. The number of fused-ring (bicyclic) bond motifs is 2. The average molecular weight is 600 g/mol. The second-order valence-corrected chi connectivity index (χ2v) is 12.3. The van der Waals surface area contributed by atoms with Gasteiger partial charge in [0.2, 0.25) is 5.13 Å². The summed E-state index contributed by atoms with van der Waals surface area (Å²) in [6.07, 6.45) is 4.87. The van der Waals surface area contributed by atoms with Crippen LogP contribution in [0.5, 0.6) is 0 Å². The minimum Gasteiger partial charge on any atom is -0.453 e. The molecule has 1 saturated carbocycles. The molecule has 13 nitrogen and oxygen atoms in total. The smallest absolute Gasteiger partial charge is 0.406 e. The third kappa shape index (κ3) is 5.58. The van der Waals surface area contributed by atoms with Gasteiger partial charge in [-0.2, -0.15) is 10.4 Å². The first kappa shape index (κ1) is 27.5. The summed E-state index contributed by atoms with van der Waals surface area (Å²) in [5.41, 5.74) is 4.77. The van der Waals surface area contributed by atoms with Crippen LogP contribution in [0.3, 0.4) is 0 Å². The van der Waals surface area contributed by atoms with Gasteiger partial charge in [-0.25, -0.2) is 9.31 Å². The number of anilines is 2. The van der Waals surface area contributed by atoms with Crippen molar-refractivity contribution in [2.24, 2.45) is 5.92 Å². The quantitative estimate of drug-likeness (QED) is 0.288. The highest BCUT2D eigenvalue weighted by atomic mass is 32.1. The molecule has 3 aliphatic rings. The Bertz CT molecular complexity index is 1670. The van der Waals surface area contributed by atoms with Crippen LogP contribution in [0.15, 0.2) is 36.7 Å². The van der Waals surface area contributed by atoms with Gasteiger partial charge in [0, 0.05) is 69.8 Å². The van der Waals surface area contributed by atoms with Crippen LogP contribution < -0.4 is 20.9 Å². The van der Waals surface area contributed by atoms with Gasteiger partial charge < -0.3 is 25.6 Å². The van der Waals surface area contributed by atoms with E-state index in [1.165, 1.54) is 7.11 Å². The molecule has 14 heteroatoms. The van der Waals surface area contributed by atoms with Crippen LogP contribution in [0.4, 0.5) is 15.6 Å². The lowest BCUT2D eigenvalue weighted by Gasteiger charge is -2.44. The Kier molecular flexibility index (Phi) is 7.52. The second kappa shape index (κ2) is 11.8. The molecule has 43 heavy (non-hydrogen) atoms. The third-order valence-electron chi connectivity index (χ3n) is 8.59. The van der Waals surface area contributed by atoms with E-state index < -0.39 is 6.09 Å². The zero-order chi connectivity index (χ0) is 29.3. The van der Waals surface area contributed by atoms with Crippen LogP contribution in [0.1, 0.15) is 18.4 Å². The largest absolute Gasteiger partial charge is 0.453 e. The normalized spacial score (nSPS) is 22.0. The summed E-state index contributed by atoms with van der Waals surface area (Å²) in [5, 5.41) is 34.8. The van der Waals surface area contributed by atoms with Gasteiger partial charge >= 0.3 is 6.09 Å². The molecule has 0 bridgehead atoms. The van der Waals surface area contributed by atoms with E-state index in [9.17, 15) is 10.1 Å². The van der Waals surface area contributed by atoms with Crippen molar-refractivity contribution in [3.8, 4) is 28.0 Å². The summed E-state index contributed by atoms with van der Waals surface area (Å²) < 4.78 is 6.50. The molecule has 2 saturated heterocycles. The van der Waals surface area contributed by atoms with Crippen molar-refractivity contribution in [2.75, 3.05) is 63.1 Å². The maximum absolute atomic E-state index is 11.5. The lowest BCUT2D eigenvalue weighted by atomic mass is 9.80. The van der Waals surface area contributed by atoms with E-state index in [2.05, 4.69) is 47.1 Å². The fraction of sp³-hybridized carbons (Fsp3) is 0.448. The molecule has 1 amide bonds. The molecule has 4 aromatic heterocycles. The highest BCUT2D eigenvalue weighted by Gasteiger charge is 2.32. The number of rotatable bonds is 7. The number of nitrogens with zero attached hydrogens (tertiary/aromatic N) is 8. The molecule has 0 radical (unpaired) electrons. The monoisotopic (exact) mass is 599 g/mol. The van der Waals surface area contributed by atoms with Crippen molar-refractivity contribution in [1.29, 1.82) is 5.26 Å². The Morgan fingerprint density at radius 1 is 1.21 bits per heavy atom. The van der Waals surface area contributed by atoms with E-state index in [0.717, 1.165) is 90.4 Å². The highest BCUT2D eigenvalue weighted by molar-refractivity contribution is 7.18. The number of carbonyl (C=O) groups excluding carboxylic acids is 1. The Hall–Kier alpha value is -4.32. The van der Waals surface area contributed by atoms with E-state index in [-0.39, 0.29) is 6.04 Å². The van der Waals surface area contributed by atoms with Gasteiger partial charge in [-0.15, -0.1) is 10.2 Å². The molecule has 0 aromatic carbocycles. The van der Waals surface area contributed by atoms with Gasteiger partial charge in [-0.05, 0) is 43.0 Å². The van der Waals surface area contributed by atoms with Crippen LogP contribution in [0, 0.1) is 17.2 Å². The van der Waals surface area contributed by atoms with E-state index >= 15 is 0 Å². The predicted molar refractivity (Wildman–Crippen MR) is 163 cm³/mol. The van der Waals surface area contributed by atoms with Gasteiger partial charge in [0.1, 0.15) is 6.07 Å².